The molecule has 0 N–H and O–H groups in total. The fraction of sp³-hybridized carbons (Fsp3) is 0.522. The molecule has 2 aliphatic heterocycles. The zero-order valence-corrected chi connectivity index (χ0v) is 19.5. The van der Waals surface area contributed by atoms with Crippen LogP contribution in [0.1, 0.15) is 27.7 Å². The van der Waals surface area contributed by atoms with Gasteiger partial charge in [0.2, 0.25) is 11.8 Å². The van der Waals surface area contributed by atoms with Crippen LogP contribution >= 0.6 is 0 Å². The van der Waals surface area contributed by atoms with Crippen LogP contribution in [-0.2, 0) is 23.9 Å². The predicted octanol–water partition coefficient (Wildman–Crippen LogP) is 1.79. The fourth-order valence-electron chi connectivity index (χ4n) is 4.07. The van der Waals surface area contributed by atoms with Crippen molar-refractivity contribution in [2.75, 3.05) is 40.4 Å². The van der Waals surface area contributed by atoms with Crippen molar-refractivity contribution < 1.29 is 23.9 Å². The van der Waals surface area contributed by atoms with Gasteiger partial charge in [-0.1, -0.05) is 0 Å². The van der Waals surface area contributed by atoms with Gasteiger partial charge >= 0.3 is 0 Å². The molecule has 2 aliphatic rings. The van der Waals surface area contributed by atoms with Gasteiger partial charge in [-0.15, -0.1) is 0 Å². The number of hydrogen-bond acceptors (Lipinski definition) is 9. The molecule has 0 aromatic heterocycles. The van der Waals surface area contributed by atoms with Crippen LogP contribution in [0.25, 0.3) is 0 Å². The second-order valence-electron chi connectivity index (χ2n) is 7.03. The van der Waals surface area contributed by atoms with Crippen LogP contribution < -0.4 is 0 Å². The van der Waals surface area contributed by atoms with Gasteiger partial charge in [-0.2, -0.15) is 0 Å². The first-order chi connectivity index (χ1) is 15.5. The maximum atomic E-state index is 14.2. The Balaban J connectivity index is 2.78. The highest BCUT2D eigenvalue weighted by Gasteiger charge is 2.44. The van der Waals surface area contributed by atoms with E-state index in [2.05, 4.69) is 9.98 Å². The molecule has 0 aromatic rings. The Bertz CT molecular complexity index is 881. The van der Waals surface area contributed by atoms with E-state index in [0.29, 0.717) is 37.6 Å². The van der Waals surface area contributed by atoms with Crippen molar-refractivity contribution in [1.82, 2.24) is 9.80 Å². The van der Waals surface area contributed by atoms with Crippen LogP contribution in [-0.4, -0.2) is 80.3 Å². The zero-order valence-electron chi connectivity index (χ0n) is 19.5. The maximum absolute atomic E-state index is 14.2. The Morgan fingerprint density at radius 2 is 1.16 bits per heavy atom. The molecule has 9 nitrogen and oxygen atoms in total. The Morgan fingerprint density at radius 3 is 1.41 bits per heavy atom. The maximum Gasteiger partial charge on any atom is 0.234 e. The molecule has 2 heterocycles. The van der Waals surface area contributed by atoms with Crippen LogP contribution in [0.2, 0.25) is 0 Å². The molecule has 0 saturated heterocycles. The summed E-state index contributed by atoms with van der Waals surface area (Å²) in [5.74, 6) is 1.76. The van der Waals surface area contributed by atoms with Gasteiger partial charge in [0.25, 0.3) is 0 Å². The third kappa shape index (κ3) is 4.44. The molecule has 9 heteroatoms. The van der Waals surface area contributed by atoms with Crippen molar-refractivity contribution in [3.63, 3.8) is 0 Å². The van der Waals surface area contributed by atoms with E-state index >= 15 is 0 Å². The molecule has 0 amide bonds. The van der Waals surface area contributed by atoms with Gasteiger partial charge in [0.1, 0.15) is 23.7 Å². The summed E-state index contributed by atoms with van der Waals surface area (Å²) in [6.45, 7) is 9.99. The van der Waals surface area contributed by atoms with E-state index in [-0.39, 0.29) is 22.9 Å². The van der Waals surface area contributed by atoms with Crippen molar-refractivity contribution >= 4 is 30.1 Å². The highest BCUT2D eigenvalue weighted by atomic mass is 16.5. The SMILES string of the molecule is CCN(CC)C1=C(OC)N=CC(=C=O)C1C(=O)C1C(=C=O)C=NC(OC)=C1N(CC)CC. The topological polar surface area (TPSA) is 101 Å². The van der Waals surface area contributed by atoms with Gasteiger partial charge in [-0.3, -0.25) is 4.79 Å². The van der Waals surface area contributed by atoms with Crippen molar-refractivity contribution in [3.05, 3.63) is 34.3 Å². The second-order valence-corrected chi connectivity index (χ2v) is 7.03. The van der Waals surface area contributed by atoms with Gasteiger partial charge in [-0.05, 0) is 27.7 Å². The molecule has 32 heavy (non-hydrogen) atoms. The van der Waals surface area contributed by atoms with Crippen LogP contribution in [0.3, 0.4) is 0 Å². The first kappa shape index (κ1) is 24.9. The quantitative estimate of drug-likeness (QED) is 0.476. The van der Waals surface area contributed by atoms with Crippen LogP contribution in [0.4, 0.5) is 0 Å². The number of allylic oxidation sites excluding steroid dienone is 2. The molecule has 0 saturated carbocycles. The number of carbonyl (C=O) groups is 1. The average Bonchev–Trinajstić information content (AvgIpc) is 2.84. The second kappa shape index (κ2) is 11.3. The van der Waals surface area contributed by atoms with Crippen LogP contribution in [0.15, 0.2) is 44.3 Å². The number of aliphatic imine (C=N–C) groups is 2. The molecule has 0 fully saturated rings. The number of ether oxygens (including phenoxy) is 2. The number of hydrogen-bond donors (Lipinski definition) is 0. The molecule has 0 aromatic carbocycles. The summed E-state index contributed by atoms with van der Waals surface area (Å²) in [6.07, 6.45) is 2.58. The van der Waals surface area contributed by atoms with Crippen molar-refractivity contribution in [2.24, 2.45) is 21.8 Å². The standard InChI is InChI=1S/C23H30N4O5/c1-7-26(8-2)19-17(15(13-28)11-24-22(19)31-5)21(30)18-16(14-29)12-25-23(32-6)20(18)27(9-3)10-4/h11-12,17-18H,7-10H2,1-6H3. The van der Waals surface area contributed by atoms with E-state index in [1.165, 1.54) is 26.6 Å². The van der Waals surface area contributed by atoms with Gasteiger partial charge in [0, 0.05) is 38.6 Å². The highest BCUT2D eigenvalue weighted by molar-refractivity contribution is 6.09. The molecule has 0 aliphatic carbocycles. The summed E-state index contributed by atoms with van der Waals surface area (Å²) in [5, 5.41) is 0. The lowest BCUT2D eigenvalue weighted by Crippen LogP contribution is -2.42. The normalized spacial score (nSPS) is 20.2. The van der Waals surface area contributed by atoms with Crippen LogP contribution in [0, 0.1) is 11.8 Å². The summed E-state index contributed by atoms with van der Waals surface area (Å²) in [7, 11) is 2.92. The van der Waals surface area contributed by atoms with E-state index in [4.69, 9.17) is 9.47 Å². The van der Waals surface area contributed by atoms with Gasteiger partial charge in [-0.25, -0.2) is 19.6 Å². The number of rotatable bonds is 10. The lowest BCUT2D eigenvalue weighted by molar-refractivity contribution is -0.123. The molecule has 0 radical (unpaired) electrons. The molecular formula is C23H30N4O5. The highest BCUT2D eigenvalue weighted by Crippen LogP contribution is 2.38. The molecule has 0 bridgehead atoms. The lowest BCUT2D eigenvalue weighted by Gasteiger charge is -2.36. The number of ketones is 1. The van der Waals surface area contributed by atoms with Crippen molar-refractivity contribution in [1.29, 1.82) is 0 Å². The predicted molar refractivity (Wildman–Crippen MR) is 121 cm³/mol. The monoisotopic (exact) mass is 442 g/mol. The van der Waals surface area contributed by atoms with Gasteiger partial charge in [0.15, 0.2) is 5.78 Å². The summed E-state index contributed by atoms with van der Waals surface area (Å²) < 4.78 is 10.9. The van der Waals surface area contributed by atoms with Gasteiger partial charge in [0.05, 0.1) is 36.8 Å². The first-order valence-electron chi connectivity index (χ1n) is 10.7. The molecular weight excluding hydrogens is 412 g/mol. The van der Waals surface area contributed by atoms with E-state index in [1.54, 1.807) is 0 Å². The third-order valence-corrected chi connectivity index (χ3v) is 5.65. The Kier molecular flexibility index (Phi) is 8.76. The fourth-order valence-corrected chi connectivity index (χ4v) is 4.07. The minimum Gasteiger partial charge on any atom is -0.480 e. The van der Waals surface area contributed by atoms with E-state index in [0.717, 1.165) is 0 Å². The van der Waals surface area contributed by atoms with Crippen molar-refractivity contribution in [2.45, 2.75) is 27.7 Å². The lowest BCUT2D eigenvalue weighted by atomic mass is 9.78. The van der Waals surface area contributed by atoms with E-state index < -0.39 is 17.6 Å². The zero-order chi connectivity index (χ0) is 23.8. The van der Waals surface area contributed by atoms with E-state index in [1.807, 2.05) is 49.4 Å². The molecule has 172 valence electrons. The first-order valence-corrected chi connectivity index (χ1v) is 10.7. The molecule has 0 spiro atoms. The Morgan fingerprint density at radius 1 is 0.812 bits per heavy atom. The van der Waals surface area contributed by atoms with E-state index in [9.17, 15) is 14.4 Å². The smallest absolute Gasteiger partial charge is 0.234 e. The summed E-state index contributed by atoms with van der Waals surface area (Å²) in [5.41, 5.74) is 1.08. The number of methoxy groups -OCH3 is 2. The number of Topliss-reactive ketones (excluding diaryl/α,β-unsaturated/α-hetero) is 1. The van der Waals surface area contributed by atoms with Crippen molar-refractivity contribution in [3.8, 4) is 0 Å². The minimum absolute atomic E-state index is 0.0725. The minimum atomic E-state index is -1.02. The molecule has 2 atom stereocenters. The molecule has 2 rings (SSSR count). The number of carbonyl (C=O) groups excluding carboxylic acids is 3. The largest absolute Gasteiger partial charge is 0.480 e. The molecule has 2 unspecified atom stereocenters. The Labute approximate surface area is 188 Å². The third-order valence-electron chi connectivity index (χ3n) is 5.65. The summed E-state index contributed by atoms with van der Waals surface area (Å²) in [6, 6.07) is 0. The van der Waals surface area contributed by atoms with Crippen LogP contribution in [0.5, 0.6) is 0 Å². The number of nitrogens with zero attached hydrogens (tertiary/aromatic N) is 4. The summed E-state index contributed by atoms with van der Waals surface area (Å²) in [4.78, 5) is 50.1. The average molecular weight is 443 g/mol. The Hall–Kier alpha value is -3.41. The van der Waals surface area contributed by atoms with Gasteiger partial charge < -0.3 is 19.3 Å². The summed E-state index contributed by atoms with van der Waals surface area (Å²) >= 11 is 0.